The first-order chi connectivity index (χ1) is 9.17. The number of hydrogen-bond acceptors (Lipinski definition) is 2. The molecule has 0 heterocycles. The SMILES string of the molecule is CCOc1ccc(C)c(CCCCCC(=O)CC)c1. The largest absolute Gasteiger partial charge is 0.494 e. The first-order valence-corrected chi connectivity index (χ1v) is 7.41. The van der Waals surface area contributed by atoms with Gasteiger partial charge in [0.05, 0.1) is 6.61 Å². The Hall–Kier alpha value is -1.31. The molecule has 1 aromatic carbocycles. The number of hydrogen-bond donors (Lipinski definition) is 0. The van der Waals surface area contributed by atoms with E-state index in [0.29, 0.717) is 18.8 Å². The van der Waals surface area contributed by atoms with E-state index in [9.17, 15) is 4.79 Å². The van der Waals surface area contributed by atoms with Crippen LogP contribution >= 0.6 is 0 Å². The van der Waals surface area contributed by atoms with Crippen molar-refractivity contribution in [2.24, 2.45) is 0 Å². The number of benzene rings is 1. The lowest BCUT2D eigenvalue weighted by molar-refractivity contribution is -0.118. The van der Waals surface area contributed by atoms with Gasteiger partial charge in [-0.25, -0.2) is 0 Å². The summed E-state index contributed by atoms with van der Waals surface area (Å²) in [5.41, 5.74) is 2.70. The minimum absolute atomic E-state index is 0.384. The Morgan fingerprint density at radius 3 is 2.63 bits per heavy atom. The van der Waals surface area contributed by atoms with Crippen molar-refractivity contribution in [1.29, 1.82) is 0 Å². The van der Waals surface area contributed by atoms with Gasteiger partial charge in [0.2, 0.25) is 0 Å². The van der Waals surface area contributed by atoms with E-state index in [2.05, 4.69) is 19.1 Å². The third-order valence-corrected chi connectivity index (χ3v) is 3.43. The molecule has 106 valence electrons. The van der Waals surface area contributed by atoms with Crippen molar-refractivity contribution in [3.8, 4) is 5.75 Å². The van der Waals surface area contributed by atoms with E-state index in [0.717, 1.165) is 37.9 Å². The Kier molecular flexibility index (Phi) is 7.24. The fourth-order valence-corrected chi connectivity index (χ4v) is 2.16. The summed E-state index contributed by atoms with van der Waals surface area (Å²) >= 11 is 0. The monoisotopic (exact) mass is 262 g/mol. The highest BCUT2D eigenvalue weighted by Gasteiger charge is 2.02. The molecule has 19 heavy (non-hydrogen) atoms. The molecule has 0 aliphatic carbocycles. The van der Waals surface area contributed by atoms with Gasteiger partial charge < -0.3 is 4.74 Å². The Labute approximate surface area is 117 Å². The van der Waals surface area contributed by atoms with Crippen molar-refractivity contribution in [2.45, 2.75) is 59.3 Å². The molecule has 0 N–H and O–H groups in total. The highest BCUT2D eigenvalue weighted by Crippen LogP contribution is 2.19. The predicted octanol–water partition coefficient (Wildman–Crippen LogP) is 4.48. The van der Waals surface area contributed by atoms with Gasteiger partial charge in [-0.1, -0.05) is 19.4 Å². The van der Waals surface area contributed by atoms with E-state index in [1.54, 1.807) is 0 Å². The summed E-state index contributed by atoms with van der Waals surface area (Å²) in [4.78, 5) is 11.2. The molecule has 0 aromatic heterocycles. The van der Waals surface area contributed by atoms with Crippen LogP contribution in [0.2, 0.25) is 0 Å². The highest BCUT2D eigenvalue weighted by atomic mass is 16.5. The number of ether oxygens (including phenoxy) is 1. The number of Topliss-reactive ketones (excluding diaryl/α,β-unsaturated/α-hetero) is 1. The second-order valence-electron chi connectivity index (χ2n) is 4.97. The topological polar surface area (TPSA) is 26.3 Å². The van der Waals surface area contributed by atoms with Crippen LogP contribution in [0.4, 0.5) is 0 Å². The van der Waals surface area contributed by atoms with E-state index in [1.807, 2.05) is 19.9 Å². The van der Waals surface area contributed by atoms with E-state index in [4.69, 9.17) is 4.74 Å². The summed E-state index contributed by atoms with van der Waals surface area (Å²) in [6, 6.07) is 6.30. The normalized spacial score (nSPS) is 10.5. The summed E-state index contributed by atoms with van der Waals surface area (Å²) in [6.07, 6.45) is 5.80. The molecule has 0 radical (unpaired) electrons. The van der Waals surface area contributed by atoms with Crippen molar-refractivity contribution >= 4 is 5.78 Å². The standard InChI is InChI=1S/C17H26O2/c1-4-16(18)10-8-6-7-9-15-13-17(19-5-2)12-11-14(15)3/h11-13H,4-10H2,1-3H3. The lowest BCUT2D eigenvalue weighted by atomic mass is 10.0. The fourth-order valence-electron chi connectivity index (χ4n) is 2.16. The second-order valence-corrected chi connectivity index (χ2v) is 4.97. The summed E-state index contributed by atoms with van der Waals surface area (Å²) in [5.74, 6) is 1.35. The van der Waals surface area contributed by atoms with Crippen molar-refractivity contribution in [3.63, 3.8) is 0 Å². The molecule has 0 spiro atoms. The third kappa shape index (κ3) is 5.91. The molecule has 2 heteroatoms. The van der Waals surface area contributed by atoms with E-state index >= 15 is 0 Å². The molecule has 0 aliphatic rings. The van der Waals surface area contributed by atoms with Crippen LogP contribution < -0.4 is 4.74 Å². The van der Waals surface area contributed by atoms with Gasteiger partial charge in [0.25, 0.3) is 0 Å². The molecule has 0 amide bonds. The lowest BCUT2D eigenvalue weighted by Gasteiger charge is -2.09. The number of ketones is 1. The zero-order valence-electron chi connectivity index (χ0n) is 12.5. The zero-order valence-corrected chi connectivity index (χ0v) is 12.5. The quantitative estimate of drug-likeness (QED) is 0.613. The Balaban J connectivity index is 2.35. The first kappa shape index (κ1) is 15.7. The van der Waals surface area contributed by atoms with Crippen LogP contribution in [0.15, 0.2) is 18.2 Å². The number of rotatable bonds is 9. The first-order valence-electron chi connectivity index (χ1n) is 7.41. The maximum absolute atomic E-state index is 11.2. The van der Waals surface area contributed by atoms with E-state index < -0.39 is 0 Å². The molecule has 0 bridgehead atoms. The molecular weight excluding hydrogens is 236 g/mol. The summed E-state index contributed by atoms with van der Waals surface area (Å²) in [7, 11) is 0. The van der Waals surface area contributed by atoms with Crippen LogP contribution in [0.3, 0.4) is 0 Å². The Morgan fingerprint density at radius 2 is 1.95 bits per heavy atom. The van der Waals surface area contributed by atoms with Gasteiger partial charge in [-0.2, -0.15) is 0 Å². The molecule has 0 saturated heterocycles. The predicted molar refractivity (Wildman–Crippen MR) is 79.8 cm³/mol. The highest BCUT2D eigenvalue weighted by molar-refractivity contribution is 5.77. The minimum atomic E-state index is 0.384. The van der Waals surface area contributed by atoms with Gasteiger partial charge in [-0.3, -0.25) is 4.79 Å². The van der Waals surface area contributed by atoms with Crippen molar-refractivity contribution < 1.29 is 9.53 Å². The van der Waals surface area contributed by atoms with E-state index in [1.165, 1.54) is 11.1 Å². The molecule has 0 unspecified atom stereocenters. The van der Waals surface area contributed by atoms with Gasteiger partial charge in [0.1, 0.15) is 11.5 Å². The number of aryl methyl sites for hydroxylation is 2. The molecule has 1 rings (SSSR count). The summed E-state index contributed by atoms with van der Waals surface area (Å²) in [6.45, 7) is 6.79. The Bertz CT molecular complexity index is 396. The molecule has 1 aromatic rings. The van der Waals surface area contributed by atoms with Crippen molar-refractivity contribution in [3.05, 3.63) is 29.3 Å². The van der Waals surface area contributed by atoms with Crippen LogP contribution in [0.25, 0.3) is 0 Å². The van der Waals surface area contributed by atoms with Crippen LogP contribution in [0, 0.1) is 6.92 Å². The fraction of sp³-hybridized carbons (Fsp3) is 0.588. The maximum atomic E-state index is 11.2. The lowest BCUT2D eigenvalue weighted by Crippen LogP contribution is -1.97. The summed E-state index contributed by atoms with van der Waals surface area (Å²) < 4.78 is 5.53. The smallest absolute Gasteiger partial charge is 0.132 e. The van der Waals surface area contributed by atoms with Gasteiger partial charge in [-0.15, -0.1) is 0 Å². The number of carbonyl (C=O) groups is 1. The van der Waals surface area contributed by atoms with Gasteiger partial charge in [0.15, 0.2) is 0 Å². The average Bonchev–Trinajstić information content (AvgIpc) is 2.41. The van der Waals surface area contributed by atoms with Crippen molar-refractivity contribution in [2.75, 3.05) is 6.61 Å². The molecular formula is C17H26O2. The van der Waals surface area contributed by atoms with Gasteiger partial charge in [0, 0.05) is 12.8 Å². The van der Waals surface area contributed by atoms with Crippen LogP contribution in [-0.4, -0.2) is 12.4 Å². The van der Waals surface area contributed by atoms with Gasteiger partial charge in [-0.05, 0) is 56.4 Å². The number of unbranched alkanes of at least 4 members (excludes halogenated alkanes) is 2. The maximum Gasteiger partial charge on any atom is 0.132 e. The Morgan fingerprint density at radius 1 is 1.16 bits per heavy atom. The molecule has 2 nitrogen and oxygen atoms in total. The zero-order chi connectivity index (χ0) is 14.1. The van der Waals surface area contributed by atoms with Crippen LogP contribution in [0.5, 0.6) is 5.75 Å². The van der Waals surface area contributed by atoms with Crippen molar-refractivity contribution in [1.82, 2.24) is 0 Å². The second kappa shape index (κ2) is 8.73. The molecule has 0 aliphatic heterocycles. The number of carbonyl (C=O) groups excluding carboxylic acids is 1. The third-order valence-electron chi connectivity index (χ3n) is 3.43. The van der Waals surface area contributed by atoms with Gasteiger partial charge >= 0.3 is 0 Å². The van der Waals surface area contributed by atoms with E-state index in [-0.39, 0.29) is 0 Å². The average molecular weight is 262 g/mol. The summed E-state index contributed by atoms with van der Waals surface area (Å²) in [5, 5.41) is 0. The van der Waals surface area contributed by atoms with Crippen LogP contribution in [0.1, 0.15) is 57.1 Å². The molecule has 0 fully saturated rings. The molecule has 0 saturated carbocycles. The molecule has 0 atom stereocenters. The minimum Gasteiger partial charge on any atom is -0.494 e. The van der Waals surface area contributed by atoms with Crippen LogP contribution in [-0.2, 0) is 11.2 Å².